The van der Waals surface area contributed by atoms with Gasteiger partial charge in [-0.15, -0.1) is 10.2 Å². The lowest BCUT2D eigenvalue weighted by atomic mass is 10.1. The molecule has 0 radical (unpaired) electrons. The third-order valence-electron chi connectivity index (χ3n) is 3.95. The number of ether oxygens (including phenoxy) is 2. The van der Waals surface area contributed by atoms with E-state index < -0.39 is 0 Å². The lowest BCUT2D eigenvalue weighted by molar-refractivity contribution is -0.117. The molecule has 3 aromatic rings. The van der Waals surface area contributed by atoms with E-state index in [1.165, 1.54) is 4.80 Å². The first kappa shape index (κ1) is 16.1. The molecule has 2 heterocycles. The molecule has 1 aromatic heterocycles. The smallest absolute Gasteiger partial charge is 0.248 e. The largest absolute Gasteiger partial charge is 0.486 e. The summed E-state index contributed by atoms with van der Waals surface area (Å²) in [6.45, 7) is 2.97. The van der Waals surface area contributed by atoms with E-state index in [1.807, 2.05) is 31.2 Å². The van der Waals surface area contributed by atoms with Gasteiger partial charge in [0.2, 0.25) is 11.7 Å². The normalized spacial score (nSPS) is 12.7. The van der Waals surface area contributed by atoms with Crippen molar-refractivity contribution in [2.24, 2.45) is 0 Å². The summed E-state index contributed by atoms with van der Waals surface area (Å²) < 4.78 is 11.0. The van der Waals surface area contributed by atoms with Crippen molar-refractivity contribution < 1.29 is 14.3 Å². The number of fused-ring (bicyclic) bond motifs is 1. The van der Waals surface area contributed by atoms with Crippen LogP contribution in [-0.2, 0) is 11.3 Å². The molecule has 4 rings (SSSR count). The van der Waals surface area contributed by atoms with Gasteiger partial charge in [-0.05, 0) is 29.8 Å². The van der Waals surface area contributed by atoms with Crippen molar-refractivity contribution in [2.75, 3.05) is 18.5 Å². The van der Waals surface area contributed by atoms with Crippen LogP contribution >= 0.6 is 0 Å². The van der Waals surface area contributed by atoms with Gasteiger partial charge in [0.15, 0.2) is 11.5 Å². The fourth-order valence-corrected chi connectivity index (χ4v) is 2.69. The number of rotatable bonds is 4. The minimum Gasteiger partial charge on any atom is -0.486 e. The van der Waals surface area contributed by atoms with Crippen molar-refractivity contribution in [1.82, 2.24) is 20.2 Å². The van der Waals surface area contributed by atoms with E-state index in [0.717, 1.165) is 11.1 Å². The predicted molar refractivity (Wildman–Crippen MR) is 94.1 cm³/mol. The Balaban J connectivity index is 1.43. The van der Waals surface area contributed by atoms with E-state index in [2.05, 4.69) is 20.7 Å². The first-order valence-electron chi connectivity index (χ1n) is 8.22. The van der Waals surface area contributed by atoms with Crippen LogP contribution < -0.4 is 14.8 Å². The Morgan fingerprint density at radius 2 is 1.96 bits per heavy atom. The topological polar surface area (TPSA) is 91.2 Å². The van der Waals surface area contributed by atoms with Crippen molar-refractivity contribution >= 4 is 11.6 Å². The van der Waals surface area contributed by atoms with Gasteiger partial charge in [-0.3, -0.25) is 4.79 Å². The Morgan fingerprint density at radius 3 is 2.81 bits per heavy atom. The second-order valence-electron chi connectivity index (χ2n) is 5.86. The Morgan fingerprint density at radius 1 is 1.15 bits per heavy atom. The third kappa shape index (κ3) is 3.34. The zero-order chi connectivity index (χ0) is 17.9. The summed E-state index contributed by atoms with van der Waals surface area (Å²) >= 11 is 0. The summed E-state index contributed by atoms with van der Waals surface area (Å²) in [5.74, 6) is 1.54. The molecule has 0 unspecified atom stereocenters. The van der Waals surface area contributed by atoms with Gasteiger partial charge < -0.3 is 14.8 Å². The number of tetrazole rings is 1. The molecule has 1 N–H and O–H groups in total. The Bertz CT molecular complexity index is 954. The van der Waals surface area contributed by atoms with Crippen LogP contribution in [0.25, 0.3) is 11.4 Å². The highest BCUT2D eigenvalue weighted by Crippen LogP contribution is 2.32. The van der Waals surface area contributed by atoms with E-state index in [-0.39, 0.29) is 12.5 Å². The fraction of sp³-hybridized carbons (Fsp3) is 0.222. The molecular weight excluding hydrogens is 334 g/mol. The first-order chi connectivity index (χ1) is 12.7. The van der Waals surface area contributed by atoms with Crippen LogP contribution in [0.15, 0.2) is 42.5 Å². The standard InChI is InChI=1S/C18H17N5O3/c1-12-4-2-3-5-14(12)18-20-22-23(21-18)11-17(24)19-13-6-7-15-16(10-13)26-9-8-25-15/h2-7,10H,8-9,11H2,1H3,(H,19,24). The molecule has 1 amide bonds. The Kier molecular flexibility index (Phi) is 4.22. The molecule has 1 aliphatic heterocycles. The van der Waals surface area contributed by atoms with Crippen LogP contribution in [0.2, 0.25) is 0 Å². The van der Waals surface area contributed by atoms with Gasteiger partial charge in [-0.25, -0.2) is 0 Å². The minimum absolute atomic E-state index is 0.0344. The molecule has 8 heteroatoms. The summed E-state index contributed by atoms with van der Waals surface area (Å²) in [6.07, 6.45) is 0. The van der Waals surface area contributed by atoms with Crippen LogP contribution in [0.1, 0.15) is 5.56 Å². The van der Waals surface area contributed by atoms with Gasteiger partial charge in [0.05, 0.1) is 0 Å². The van der Waals surface area contributed by atoms with Crippen LogP contribution in [0, 0.1) is 6.92 Å². The molecule has 0 aliphatic carbocycles. The maximum atomic E-state index is 12.3. The highest BCUT2D eigenvalue weighted by molar-refractivity contribution is 5.90. The summed E-state index contributed by atoms with van der Waals surface area (Å²) in [6, 6.07) is 13.0. The van der Waals surface area contributed by atoms with Gasteiger partial charge in [0.25, 0.3) is 0 Å². The number of nitrogens with zero attached hydrogens (tertiary/aromatic N) is 4. The molecule has 26 heavy (non-hydrogen) atoms. The van der Waals surface area contributed by atoms with Crippen LogP contribution in [0.4, 0.5) is 5.69 Å². The third-order valence-corrected chi connectivity index (χ3v) is 3.95. The van der Waals surface area contributed by atoms with E-state index >= 15 is 0 Å². The first-order valence-corrected chi connectivity index (χ1v) is 8.22. The maximum absolute atomic E-state index is 12.3. The molecule has 0 saturated heterocycles. The summed E-state index contributed by atoms with van der Waals surface area (Å²) in [5, 5.41) is 15.1. The highest BCUT2D eigenvalue weighted by atomic mass is 16.6. The minimum atomic E-state index is -0.254. The number of aromatic nitrogens is 4. The Labute approximate surface area is 149 Å². The number of amides is 1. The van der Waals surface area contributed by atoms with Crippen LogP contribution in [-0.4, -0.2) is 39.3 Å². The molecule has 0 bridgehead atoms. The summed E-state index contributed by atoms with van der Waals surface area (Å²) in [7, 11) is 0. The fourth-order valence-electron chi connectivity index (χ4n) is 2.69. The van der Waals surface area contributed by atoms with E-state index in [9.17, 15) is 4.79 Å². The van der Waals surface area contributed by atoms with Crippen LogP contribution in [0.3, 0.4) is 0 Å². The molecule has 132 valence electrons. The van der Waals surface area contributed by atoms with Crippen LogP contribution in [0.5, 0.6) is 11.5 Å². The maximum Gasteiger partial charge on any atom is 0.248 e. The lowest BCUT2D eigenvalue weighted by Crippen LogP contribution is -2.21. The molecule has 1 aliphatic rings. The van der Waals surface area contributed by atoms with Crippen molar-refractivity contribution in [3.8, 4) is 22.9 Å². The number of anilines is 1. The Hall–Kier alpha value is -3.42. The molecule has 0 saturated carbocycles. The monoisotopic (exact) mass is 351 g/mol. The zero-order valence-electron chi connectivity index (χ0n) is 14.2. The van der Waals surface area contributed by atoms with E-state index in [1.54, 1.807) is 18.2 Å². The number of hydrogen-bond acceptors (Lipinski definition) is 6. The quantitative estimate of drug-likeness (QED) is 0.774. The van der Waals surface area contributed by atoms with Gasteiger partial charge in [-0.2, -0.15) is 4.80 Å². The van der Waals surface area contributed by atoms with E-state index in [0.29, 0.717) is 36.2 Å². The summed E-state index contributed by atoms with van der Waals surface area (Å²) in [5.41, 5.74) is 2.57. The van der Waals surface area contributed by atoms with Gasteiger partial charge >= 0.3 is 0 Å². The lowest BCUT2D eigenvalue weighted by Gasteiger charge is -2.18. The second kappa shape index (κ2) is 6.83. The molecule has 0 fully saturated rings. The highest BCUT2D eigenvalue weighted by Gasteiger charge is 2.14. The number of aryl methyl sites for hydroxylation is 1. The van der Waals surface area contributed by atoms with E-state index in [4.69, 9.17) is 9.47 Å². The van der Waals surface area contributed by atoms with Gasteiger partial charge in [-0.1, -0.05) is 24.3 Å². The number of carbonyl (C=O) groups is 1. The zero-order valence-corrected chi connectivity index (χ0v) is 14.2. The van der Waals surface area contributed by atoms with Gasteiger partial charge in [0.1, 0.15) is 19.8 Å². The number of carbonyl (C=O) groups excluding carboxylic acids is 1. The molecule has 0 atom stereocenters. The van der Waals surface area contributed by atoms with Crippen molar-refractivity contribution in [3.63, 3.8) is 0 Å². The van der Waals surface area contributed by atoms with Gasteiger partial charge in [0, 0.05) is 17.3 Å². The average Bonchev–Trinajstić information content (AvgIpc) is 3.10. The van der Waals surface area contributed by atoms with Crippen molar-refractivity contribution in [1.29, 1.82) is 0 Å². The number of nitrogens with one attached hydrogen (secondary N) is 1. The number of hydrogen-bond donors (Lipinski definition) is 1. The molecule has 2 aromatic carbocycles. The van der Waals surface area contributed by atoms with Crippen molar-refractivity contribution in [2.45, 2.75) is 13.5 Å². The molecule has 8 nitrogen and oxygen atoms in total. The molecular formula is C18H17N5O3. The SMILES string of the molecule is Cc1ccccc1-c1nnn(CC(=O)Nc2ccc3c(c2)OCCO3)n1. The second-order valence-corrected chi connectivity index (χ2v) is 5.86. The summed E-state index contributed by atoms with van der Waals surface area (Å²) in [4.78, 5) is 13.5. The average molecular weight is 351 g/mol. The number of benzene rings is 2. The molecule has 0 spiro atoms. The van der Waals surface area contributed by atoms with Crippen molar-refractivity contribution in [3.05, 3.63) is 48.0 Å². The predicted octanol–water partition coefficient (Wildman–Crippen LogP) is 2.06.